The van der Waals surface area contributed by atoms with E-state index in [2.05, 4.69) is 4.98 Å². The number of carbonyl (C=O) groups excluding carboxylic acids is 2. The SMILES string of the molecule is CCOCCCN1C(=O)C(=O)C(=C(O)c2ccc(C)cc2)C1c1cccnc1. The standard InChI is InChI=1S/C22H24N2O4/c1-3-28-13-5-12-24-19(17-6-4-11-23-14-17)18(21(26)22(24)27)20(25)16-9-7-15(2)8-10-16/h4,6-11,14,19,25H,3,5,12-13H2,1-2H3. The number of hydrogen-bond acceptors (Lipinski definition) is 5. The van der Waals surface area contributed by atoms with Gasteiger partial charge in [-0.1, -0.05) is 35.9 Å². The maximum absolute atomic E-state index is 12.8. The third-order valence-electron chi connectivity index (χ3n) is 4.76. The maximum Gasteiger partial charge on any atom is 0.295 e. The topological polar surface area (TPSA) is 79.7 Å². The number of aryl methyl sites for hydroxylation is 1. The van der Waals surface area contributed by atoms with E-state index >= 15 is 0 Å². The molecule has 1 atom stereocenters. The Morgan fingerprint density at radius 3 is 2.61 bits per heavy atom. The number of aromatic nitrogens is 1. The average Bonchev–Trinajstić information content (AvgIpc) is 2.97. The Morgan fingerprint density at radius 1 is 1.21 bits per heavy atom. The van der Waals surface area contributed by atoms with Crippen molar-refractivity contribution in [1.29, 1.82) is 0 Å². The molecule has 0 spiro atoms. The molecule has 1 amide bonds. The summed E-state index contributed by atoms with van der Waals surface area (Å²) in [4.78, 5) is 31.2. The molecule has 1 aromatic heterocycles. The summed E-state index contributed by atoms with van der Waals surface area (Å²) in [5.41, 5.74) is 2.33. The van der Waals surface area contributed by atoms with E-state index in [9.17, 15) is 14.7 Å². The van der Waals surface area contributed by atoms with Gasteiger partial charge < -0.3 is 14.7 Å². The van der Waals surface area contributed by atoms with E-state index in [1.54, 1.807) is 30.6 Å². The van der Waals surface area contributed by atoms with Crippen molar-refractivity contribution in [1.82, 2.24) is 9.88 Å². The Labute approximate surface area is 164 Å². The Hall–Kier alpha value is -2.99. The molecule has 6 nitrogen and oxygen atoms in total. The quantitative estimate of drug-likeness (QED) is 0.345. The molecule has 0 aliphatic carbocycles. The van der Waals surface area contributed by atoms with Gasteiger partial charge in [0, 0.05) is 37.7 Å². The molecule has 6 heteroatoms. The van der Waals surface area contributed by atoms with Crippen LogP contribution in [0.15, 0.2) is 54.4 Å². The van der Waals surface area contributed by atoms with Crippen molar-refractivity contribution < 1.29 is 19.4 Å². The molecule has 0 radical (unpaired) electrons. The van der Waals surface area contributed by atoms with Gasteiger partial charge in [0.05, 0.1) is 11.6 Å². The number of amides is 1. The smallest absolute Gasteiger partial charge is 0.295 e. The number of carbonyl (C=O) groups is 2. The van der Waals surface area contributed by atoms with Crippen LogP contribution in [0.25, 0.3) is 5.76 Å². The van der Waals surface area contributed by atoms with Crippen molar-refractivity contribution in [3.63, 3.8) is 0 Å². The molecule has 1 aliphatic heterocycles. The van der Waals surface area contributed by atoms with Crippen LogP contribution in [0, 0.1) is 6.92 Å². The minimum absolute atomic E-state index is 0.0956. The number of aliphatic hydroxyl groups is 1. The van der Waals surface area contributed by atoms with Crippen molar-refractivity contribution in [2.24, 2.45) is 0 Å². The summed E-state index contributed by atoms with van der Waals surface area (Å²) in [6.45, 7) is 5.30. The van der Waals surface area contributed by atoms with E-state index < -0.39 is 17.7 Å². The summed E-state index contributed by atoms with van der Waals surface area (Å²) in [6.07, 6.45) is 3.85. The number of rotatable bonds is 7. The Balaban J connectivity index is 2.03. The highest BCUT2D eigenvalue weighted by Crippen LogP contribution is 2.39. The lowest BCUT2D eigenvalue weighted by molar-refractivity contribution is -0.140. The van der Waals surface area contributed by atoms with E-state index in [4.69, 9.17) is 4.74 Å². The fourth-order valence-electron chi connectivity index (χ4n) is 3.34. The molecular formula is C22H24N2O4. The van der Waals surface area contributed by atoms with E-state index in [0.717, 1.165) is 5.56 Å². The van der Waals surface area contributed by atoms with Gasteiger partial charge in [-0.15, -0.1) is 0 Å². The predicted octanol–water partition coefficient (Wildman–Crippen LogP) is 3.24. The summed E-state index contributed by atoms with van der Waals surface area (Å²) in [7, 11) is 0. The van der Waals surface area contributed by atoms with Gasteiger partial charge >= 0.3 is 0 Å². The Bertz CT molecular complexity index is 875. The zero-order valence-corrected chi connectivity index (χ0v) is 16.1. The molecule has 28 heavy (non-hydrogen) atoms. The van der Waals surface area contributed by atoms with E-state index in [1.807, 2.05) is 32.0 Å². The second kappa shape index (κ2) is 8.80. The fourth-order valence-corrected chi connectivity index (χ4v) is 3.34. The molecule has 1 N–H and O–H groups in total. The number of hydrogen-bond donors (Lipinski definition) is 1. The number of ketones is 1. The van der Waals surface area contributed by atoms with Crippen molar-refractivity contribution >= 4 is 17.4 Å². The number of ether oxygens (including phenoxy) is 1. The van der Waals surface area contributed by atoms with Crippen LogP contribution in [-0.2, 0) is 14.3 Å². The fraction of sp³-hybridized carbons (Fsp3) is 0.318. The molecule has 1 aliphatic rings. The Morgan fingerprint density at radius 2 is 1.96 bits per heavy atom. The molecule has 1 fully saturated rings. The molecule has 1 saturated heterocycles. The second-order valence-corrected chi connectivity index (χ2v) is 6.70. The Kier molecular flexibility index (Phi) is 6.21. The van der Waals surface area contributed by atoms with Gasteiger partial charge in [0.25, 0.3) is 11.7 Å². The highest BCUT2D eigenvalue weighted by atomic mass is 16.5. The van der Waals surface area contributed by atoms with E-state index in [-0.39, 0.29) is 11.3 Å². The van der Waals surface area contributed by atoms with Crippen LogP contribution in [0.1, 0.15) is 36.1 Å². The van der Waals surface area contributed by atoms with Crippen LogP contribution in [0.3, 0.4) is 0 Å². The van der Waals surface area contributed by atoms with Crippen molar-refractivity contribution in [3.05, 3.63) is 71.1 Å². The molecule has 3 rings (SSSR count). The van der Waals surface area contributed by atoms with Crippen molar-refractivity contribution in [2.45, 2.75) is 26.3 Å². The van der Waals surface area contributed by atoms with Crippen LogP contribution in [0.2, 0.25) is 0 Å². The normalized spacial score (nSPS) is 18.6. The van der Waals surface area contributed by atoms with Crippen LogP contribution in [0.5, 0.6) is 0 Å². The minimum Gasteiger partial charge on any atom is -0.507 e. The second-order valence-electron chi connectivity index (χ2n) is 6.70. The van der Waals surface area contributed by atoms with Gasteiger partial charge in [0.2, 0.25) is 0 Å². The first-order valence-electron chi connectivity index (χ1n) is 9.37. The largest absolute Gasteiger partial charge is 0.507 e. The molecular weight excluding hydrogens is 356 g/mol. The molecule has 146 valence electrons. The predicted molar refractivity (Wildman–Crippen MR) is 106 cm³/mol. The molecule has 2 aromatic rings. The zero-order chi connectivity index (χ0) is 20.1. The van der Waals surface area contributed by atoms with E-state index in [0.29, 0.717) is 37.3 Å². The number of Topliss-reactive ketones (excluding diaryl/α,β-unsaturated/α-hetero) is 1. The molecule has 0 bridgehead atoms. The first-order valence-corrected chi connectivity index (χ1v) is 9.37. The lowest BCUT2D eigenvalue weighted by Crippen LogP contribution is -2.31. The summed E-state index contributed by atoms with van der Waals surface area (Å²) in [5.74, 6) is -1.46. The molecule has 1 unspecified atom stereocenters. The summed E-state index contributed by atoms with van der Waals surface area (Å²) in [5, 5.41) is 10.9. The lowest BCUT2D eigenvalue weighted by atomic mass is 9.96. The van der Waals surface area contributed by atoms with Crippen LogP contribution >= 0.6 is 0 Å². The van der Waals surface area contributed by atoms with Crippen LogP contribution in [-0.4, -0.2) is 46.4 Å². The third-order valence-corrected chi connectivity index (χ3v) is 4.76. The van der Waals surface area contributed by atoms with Gasteiger partial charge in [0.1, 0.15) is 5.76 Å². The first kappa shape index (κ1) is 19.8. The minimum atomic E-state index is -0.677. The highest BCUT2D eigenvalue weighted by molar-refractivity contribution is 6.46. The molecule has 0 saturated carbocycles. The highest BCUT2D eigenvalue weighted by Gasteiger charge is 2.45. The number of nitrogens with zero attached hydrogens (tertiary/aromatic N) is 2. The van der Waals surface area contributed by atoms with Gasteiger partial charge in [-0.3, -0.25) is 14.6 Å². The van der Waals surface area contributed by atoms with Gasteiger partial charge in [0.15, 0.2) is 0 Å². The van der Waals surface area contributed by atoms with Crippen LogP contribution < -0.4 is 0 Å². The monoisotopic (exact) mass is 380 g/mol. The van der Waals surface area contributed by atoms with Crippen molar-refractivity contribution in [2.75, 3.05) is 19.8 Å². The maximum atomic E-state index is 12.8. The van der Waals surface area contributed by atoms with Crippen LogP contribution in [0.4, 0.5) is 0 Å². The van der Waals surface area contributed by atoms with Crippen molar-refractivity contribution in [3.8, 4) is 0 Å². The first-order chi connectivity index (χ1) is 13.5. The lowest BCUT2D eigenvalue weighted by Gasteiger charge is -2.25. The van der Waals surface area contributed by atoms with E-state index in [1.165, 1.54) is 4.90 Å². The van der Waals surface area contributed by atoms with Gasteiger partial charge in [-0.2, -0.15) is 0 Å². The number of pyridine rings is 1. The van der Waals surface area contributed by atoms with Gasteiger partial charge in [-0.25, -0.2) is 0 Å². The number of benzene rings is 1. The number of likely N-dealkylation sites (tertiary alicyclic amines) is 1. The molecule has 1 aromatic carbocycles. The summed E-state index contributed by atoms with van der Waals surface area (Å²) in [6, 6.07) is 10.1. The summed E-state index contributed by atoms with van der Waals surface area (Å²) >= 11 is 0. The summed E-state index contributed by atoms with van der Waals surface area (Å²) < 4.78 is 5.35. The molecule has 2 heterocycles. The third kappa shape index (κ3) is 3.97. The van der Waals surface area contributed by atoms with Gasteiger partial charge in [-0.05, 0) is 31.9 Å². The number of aliphatic hydroxyl groups excluding tert-OH is 1. The zero-order valence-electron chi connectivity index (χ0n) is 16.1. The average molecular weight is 380 g/mol.